The molecule has 0 unspecified atom stereocenters. The van der Waals surface area contributed by atoms with E-state index in [4.69, 9.17) is 4.74 Å². The molecule has 3 amide bonds. The zero-order valence-corrected chi connectivity index (χ0v) is 16.4. The SMILES string of the molecule is CCOC(=O)N1CCC(NC(=O)c2cncc(C(=O)NC(C)(C)C)c2)CC1. The van der Waals surface area contributed by atoms with Gasteiger partial charge in [0.05, 0.1) is 17.7 Å². The number of hydrogen-bond donors (Lipinski definition) is 2. The van der Waals surface area contributed by atoms with Crippen molar-refractivity contribution in [3.05, 3.63) is 29.6 Å². The number of ether oxygens (including phenoxy) is 1. The van der Waals surface area contributed by atoms with Gasteiger partial charge in [-0.25, -0.2) is 4.79 Å². The van der Waals surface area contributed by atoms with Gasteiger partial charge in [0.25, 0.3) is 11.8 Å². The van der Waals surface area contributed by atoms with Gasteiger partial charge in [-0.15, -0.1) is 0 Å². The lowest BCUT2D eigenvalue weighted by Gasteiger charge is -2.31. The fourth-order valence-corrected chi connectivity index (χ4v) is 2.79. The molecule has 2 heterocycles. The molecule has 0 aliphatic carbocycles. The van der Waals surface area contributed by atoms with Gasteiger partial charge in [-0.3, -0.25) is 14.6 Å². The number of nitrogens with one attached hydrogen (secondary N) is 2. The molecule has 27 heavy (non-hydrogen) atoms. The Labute approximate surface area is 159 Å². The molecular weight excluding hydrogens is 348 g/mol. The minimum absolute atomic E-state index is 0.0322. The van der Waals surface area contributed by atoms with E-state index in [9.17, 15) is 14.4 Å². The van der Waals surface area contributed by atoms with Crippen molar-refractivity contribution in [3.8, 4) is 0 Å². The predicted octanol–water partition coefficient (Wildman–Crippen LogP) is 1.96. The minimum atomic E-state index is -0.373. The number of carbonyl (C=O) groups is 3. The zero-order chi connectivity index (χ0) is 20.0. The summed E-state index contributed by atoms with van der Waals surface area (Å²) < 4.78 is 4.99. The molecule has 148 valence electrons. The molecule has 0 atom stereocenters. The Balaban J connectivity index is 1.92. The smallest absolute Gasteiger partial charge is 0.409 e. The molecule has 1 aliphatic rings. The van der Waals surface area contributed by atoms with E-state index in [1.165, 1.54) is 18.5 Å². The summed E-state index contributed by atoms with van der Waals surface area (Å²) in [6.07, 6.45) is 3.88. The first-order valence-electron chi connectivity index (χ1n) is 9.19. The van der Waals surface area contributed by atoms with Crippen molar-refractivity contribution in [1.82, 2.24) is 20.5 Å². The predicted molar refractivity (Wildman–Crippen MR) is 101 cm³/mol. The summed E-state index contributed by atoms with van der Waals surface area (Å²) in [6.45, 7) is 8.86. The summed E-state index contributed by atoms with van der Waals surface area (Å²) in [4.78, 5) is 42.1. The Bertz CT molecular complexity index is 691. The van der Waals surface area contributed by atoms with E-state index in [0.717, 1.165) is 0 Å². The molecule has 1 aliphatic heterocycles. The molecule has 0 radical (unpaired) electrons. The van der Waals surface area contributed by atoms with Crippen molar-refractivity contribution >= 4 is 17.9 Å². The molecule has 1 fully saturated rings. The van der Waals surface area contributed by atoms with Crippen molar-refractivity contribution in [1.29, 1.82) is 0 Å². The summed E-state index contributed by atoms with van der Waals surface area (Å²) in [7, 11) is 0. The van der Waals surface area contributed by atoms with Crippen LogP contribution in [0, 0.1) is 0 Å². The molecule has 0 bridgehead atoms. The normalized spacial score (nSPS) is 15.2. The highest BCUT2D eigenvalue weighted by molar-refractivity contribution is 5.99. The van der Waals surface area contributed by atoms with Gasteiger partial charge in [0.1, 0.15) is 0 Å². The number of hydrogen-bond acceptors (Lipinski definition) is 5. The van der Waals surface area contributed by atoms with Crippen LogP contribution in [-0.2, 0) is 4.74 Å². The Morgan fingerprint density at radius 3 is 2.30 bits per heavy atom. The van der Waals surface area contributed by atoms with E-state index < -0.39 is 0 Å². The second kappa shape index (κ2) is 8.83. The minimum Gasteiger partial charge on any atom is -0.450 e. The number of piperidine rings is 1. The van der Waals surface area contributed by atoms with E-state index in [2.05, 4.69) is 15.6 Å². The summed E-state index contributed by atoms with van der Waals surface area (Å²) in [6, 6.07) is 1.51. The van der Waals surface area contributed by atoms with Crippen LogP contribution >= 0.6 is 0 Å². The summed E-state index contributed by atoms with van der Waals surface area (Å²) in [5, 5.41) is 5.80. The third kappa shape index (κ3) is 6.23. The topological polar surface area (TPSA) is 101 Å². The number of rotatable bonds is 4. The molecule has 0 saturated carbocycles. The average Bonchev–Trinajstić information content (AvgIpc) is 2.61. The standard InChI is InChI=1S/C19H28N4O4/c1-5-27-18(26)23-8-6-15(7-9-23)21-16(24)13-10-14(12-20-11-13)17(25)22-19(2,3)4/h10-12,15H,5-9H2,1-4H3,(H,21,24)(H,22,25). The number of pyridine rings is 1. The first-order valence-corrected chi connectivity index (χ1v) is 9.19. The molecule has 8 heteroatoms. The Hall–Kier alpha value is -2.64. The maximum absolute atomic E-state index is 12.5. The number of nitrogens with zero attached hydrogens (tertiary/aromatic N) is 2. The van der Waals surface area contributed by atoms with Crippen molar-refractivity contribution in [2.45, 2.75) is 52.1 Å². The number of likely N-dealkylation sites (tertiary alicyclic amines) is 1. The molecular formula is C19H28N4O4. The van der Waals surface area contributed by atoms with Crippen LogP contribution in [0.5, 0.6) is 0 Å². The first kappa shape index (κ1) is 20.7. The van der Waals surface area contributed by atoms with Crippen molar-refractivity contribution in [2.24, 2.45) is 0 Å². The third-order valence-corrected chi connectivity index (χ3v) is 4.11. The van der Waals surface area contributed by atoms with Gasteiger partial charge in [-0.05, 0) is 46.6 Å². The highest BCUT2D eigenvalue weighted by atomic mass is 16.6. The van der Waals surface area contributed by atoms with Crippen LogP contribution in [-0.4, -0.2) is 59.1 Å². The molecule has 2 N–H and O–H groups in total. The fraction of sp³-hybridized carbons (Fsp3) is 0.579. The van der Waals surface area contributed by atoms with Crippen molar-refractivity contribution < 1.29 is 19.1 Å². The third-order valence-electron chi connectivity index (χ3n) is 4.11. The maximum Gasteiger partial charge on any atom is 0.409 e. The van der Waals surface area contributed by atoms with Crippen LogP contribution in [0.3, 0.4) is 0 Å². The number of carbonyl (C=O) groups excluding carboxylic acids is 3. The highest BCUT2D eigenvalue weighted by Crippen LogP contribution is 2.13. The van der Waals surface area contributed by atoms with E-state index in [1.807, 2.05) is 20.8 Å². The van der Waals surface area contributed by atoms with Crippen LogP contribution < -0.4 is 10.6 Å². The lowest BCUT2D eigenvalue weighted by atomic mass is 10.0. The molecule has 0 spiro atoms. The lowest BCUT2D eigenvalue weighted by molar-refractivity contribution is 0.0859. The summed E-state index contributed by atoms with van der Waals surface area (Å²) in [5.41, 5.74) is 0.307. The monoisotopic (exact) mass is 376 g/mol. The van der Waals surface area contributed by atoms with Gasteiger partial charge < -0.3 is 20.3 Å². The van der Waals surface area contributed by atoms with Crippen LogP contribution in [0.15, 0.2) is 18.5 Å². The fourth-order valence-electron chi connectivity index (χ4n) is 2.79. The zero-order valence-electron chi connectivity index (χ0n) is 16.4. The van der Waals surface area contributed by atoms with E-state index in [0.29, 0.717) is 43.7 Å². The second-order valence-corrected chi connectivity index (χ2v) is 7.60. The average molecular weight is 376 g/mol. The molecule has 0 aromatic carbocycles. The maximum atomic E-state index is 12.5. The van der Waals surface area contributed by atoms with Crippen LogP contribution in [0.25, 0.3) is 0 Å². The van der Waals surface area contributed by atoms with Gasteiger partial charge in [0.2, 0.25) is 0 Å². The van der Waals surface area contributed by atoms with Gasteiger partial charge in [-0.2, -0.15) is 0 Å². The second-order valence-electron chi connectivity index (χ2n) is 7.60. The van der Waals surface area contributed by atoms with Crippen LogP contribution in [0.4, 0.5) is 4.79 Å². The quantitative estimate of drug-likeness (QED) is 0.837. The van der Waals surface area contributed by atoms with Crippen LogP contribution in [0.2, 0.25) is 0 Å². The molecule has 8 nitrogen and oxygen atoms in total. The van der Waals surface area contributed by atoms with E-state index in [-0.39, 0.29) is 29.5 Å². The lowest BCUT2D eigenvalue weighted by Crippen LogP contribution is -2.46. The number of amides is 3. The Morgan fingerprint density at radius 1 is 1.15 bits per heavy atom. The largest absolute Gasteiger partial charge is 0.450 e. The molecule has 1 aromatic heterocycles. The van der Waals surface area contributed by atoms with Crippen molar-refractivity contribution in [2.75, 3.05) is 19.7 Å². The van der Waals surface area contributed by atoms with Gasteiger partial charge in [0, 0.05) is 37.1 Å². The summed E-state index contributed by atoms with van der Waals surface area (Å²) >= 11 is 0. The molecule has 1 aromatic rings. The number of aromatic nitrogens is 1. The summed E-state index contributed by atoms with van der Waals surface area (Å²) in [5.74, 6) is -0.546. The van der Waals surface area contributed by atoms with Gasteiger partial charge >= 0.3 is 6.09 Å². The molecule has 1 saturated heterocycles. The first-order chi connectivity index (χ1) is 12.7. The Morgan fingerprint density at radius 2 is 1.74 bits per heavy atom. The van der Waals surface area contributed by atoms with Crippen LogP contribution in [0.1, 0.15) is 61.3 Å². The highest BCUT2D eigenvalue weighted by Gasteiger charge is 2.25. The molecule has 2 rings (SSSR count). The van der Waals surface area contributed by atoms with E-state index in [1.54, 1.807) is 11.8 Å². The van der Waals surface area contributed by atoms with E-state index >= 15 is 0 Å². The Kier molecular flexibility index (Phi) is 6.76. The van der Waals surface area contributed by atoms with Gasteiger partial charge in [-0.1, -0.05) is 0 Å². The van der Waals surface area contributed by atoms with Crippen molar-refractivity contribution in [3.63, 3.8) is 0 Å². The van der Waals surface area contributed by atoms with Gasteiger partial charge in [0.15, 0.2) is 0 Å².